The lowest BCUT2D eigenvalue weighted by Gasteiger charge is -2.09. The number of benzene rings is 1. The quantitative estimate of drug-likeness (QED) is 0.758. The van der Waals surface area contributed by atoms with E-state index in [1.54, 1.807) is 12.1 Å². The SMILES string of the molecule is CCNC(=O)CCOc1ccccc1CO. The monoisotopic (exact) mass is 223 g/mol. The number of nitrogens with one attached hydrogen (secondary N) is 1. The third-order valence-electron chi connectivity index (χ3n) is 2.10. The van der Waals surface area contributed by atoms with Crippen molar-refractivity contribution in [3.8, 4) is 5.75 Å². The summed E-state index contributed by atoms with van der Waals surface area (Å²) in [6.07, 6.45) is 0.327. The van der Waals surface area contributed by atoms with Gasteiger partial charge in [0.2, 0.25) is 5.91 Å². The molecule has 4 heteroatoms. The molecule has 0 saturated carbocycles. The van der Waals surface area contributed by atoms with Crippen molar-refractivity contribution in [2.75, 3.05) is 13.2 Å². The summed E-state index contributed by atoms with van der Waals surface area (Å²) in [5, 5.41) is 11.7. The number of rotatable bonds is 6. The lowest BCUT2D eigenvalue weighted by atomic mass is 10.2. The number of para-hydroxylation sites is 1. The summed E-state index contributed by atoms with van der Waals surface area (Å²) in [5.74, 6) is 0.610. The lowest BCUT2D eigenvalue weighted by molar-refractivity contribution is -0.121. The zero-order valence-electron chi connectivity index (χ0n) is 9.40. The molecule has 0 aliphatic rings. The summed E-state index contributed by atoms with van der Waals surface area (Å²) in [4.78, 5) is 11.1. The van der Waals surface area contributed by atoms with Crippen LogP contribution in [0.2, 0.25) is 0 Å². The van der Waals surface area contributed by atoms with Gasteiger partial charge in [-0.15, -0.1) is 0 Å². The Hall–Kier alpha value is -1.55. The molecule has 0 aliphatic heterocycles. The molecule has 0 fully saturated rings. The largest absolute Gasteiger partial charge is 0.493 e. The summed E-state index contributed by atoms with van der Waals surface area (Å²) < 4.78 is 5.42. The van der Waals surface area contributed by atoms with E-state index >= 15 is 0 Å². The molecule has 0 aliphatic carbocycles. The van der Waals surface area contributed by atoms with Gasteiger partial charge in [0, 0.05) is 12.1 Å². The van der Waals surface area contributed by atoms with Gasteiger partial charge in [0.15, 0.2) is 0 Å². The first kappa shape index (κ1) is 12.5. The molecule has 0 atom stereocenters. The maximum Gasteiger partial charge on any atom is 0.223 e. The number of carbonyl (C=O) groups is 1. The fourth-order valence-corrected chi connectivity index (χ4v) is 1.31. The summed E-state index contributed by atoms with van der Waals surface area (Å²) >= 11 is 0. The van der Waals surface area contributed by atoms with Crippen molar-refractivity contribution in [3.05, 3.63) is 29.8 Å². The van der Waals surface area contributed by atoms with Crippen LogP contribution in [0.4, 0.5) is 0 Å². The Bertz CT molecular complexity index is 339. The number of hydrogen-bond donors (Lipinski definition) is 2. The van der Waals surface area contributed by atoms with Gasteiger partial charge in [-0.2, -0.15) is 0 Å². The van der Waals surface area contributed by atoms with Crippen molar-refractivity contribution in [2.24, 2.45) is 0 Å². The molecule has 1 aromatic carbocycles. The van der Waals surface area contributed by atoms with Gasteiger partial charge in [0.05, 0.1) is 19.6 Å². The van der Waals surface area contributed by atoms with Crippen LogP contribution in [0.5, 0.6) is 5.75 Å². The molecular formula is C12H17NO3. The first-order chi connectivity index (χ1) is 7.77. The molecule has 4 nitrogen and oxygen atoms in total. The van der Waals surface area contributed by atoms with Gasteiger partial charge < -0.3 is 15.2 Å². The smallest absolute Gasteiger partial charge is 0.223 e. The molecular weight excluding hydrogens is 206 g/mol. The van der Waals surface area contributed by atoms with E-state index in [-0.39, 0.29) is 12.5 Å². The van der Waals surface area contributed by atoms with Gasteiger partial charge >= 0.3 is 0 Å². The minimum atomic E-state index is -0.0582. The van der Waals surface area contributed by atoms with Crippen LogP contribution in [0.15, 0.2) is 24.3 Å². The Balaban J connectivity index is 2.39. The van der Waals surface area contributed by atoms with Gasteiger partial charge in [0.1, 0.15) is 5.75 Å². The second kappa shape index (κ2) is 6.85. The molecule has 1 aromatic rings. The fourth-order valence-electron chi connectivity index (χ4n) is 1.31. The lowest BCUT2D eigenvalue weighted by Crippen LogP contribution is -2.24. The first-order valence-corrected chi connectivity index (χ1v) is 5.36. The molecule has 0 unspecified atom stereocenters. The zero-order valence-corrected chi connectivity index (χ0v) is 9.40. The number of aliphatic hydroxyl groups is 1. The van der Waals surface area contributed by atoms with E-state index in [4.69, 9.17) is 9.84 Å². The van der Waals surface area contributed by atoms with E-state index in [9.17, 15) is 4.79 Å². The van der Waals surface area contributed by atoms with Crippen molar-refractivity contribution < 1.29 is 14.6 Å². The maximum absolute atomic E-state index is 11.1. The Morgan fingerprint density at radius 1 is 1.44 bits per heavy atom. The van der Waals surface area contributed by atoms with Crippen molar-refractivity contribution >= 4 is 5.91 Å². The average Bonchev–Trinajstić information content (AvgIpc) is 2.30. The highest BCUT2D eigenvalue weighted by molar-refractivity contribution is 5.75. The molecule has 0 saturated heterocycles. The molecule has 2 N–H and O–H groups in total. The number of aliphatic hydroxyl groups excluding tert-OH is 1. The second-order valence-corrected chi connectivity index (χ2v) is 3.32. The number of hydrogen-bond acceptors (Lipinski definition) is 3. The minimum Gasteiger partial charge on any atom is -0.493 e. The number of carbonyl (C=O) groups excluding carboxylic acids is 1. The van der Waals surface area contributed by atoms with Crippen LogP contribution in [0.1, 0.15) is 18.9 Å². The summed E-state index contributed by atoms with van der Waals surface area (Å²) in [6, 6.07) is 7.24. The standard InChI is InChI=1S/C12H17NO3/c1-2-13-12(15)7-8-16-11-6-4-3-5-10(11)9-14/h3-6,14H,2,7-9H2,1H3,(H,13,15). The first-order valence-electron chi connectivity index (χ1n) is 5.36. The van der Waals surface area contributed by atoms with Crippen LogP contribution in [-0.2, 0) is 11.4 Å². The van der Waals surface area contributed by atoms with E-state index in [2.05, 4.69) is 5.32 Å². The van der Waals surface area contributed by atoms with Crippen LogP contribution in [-0.4, -0.2) is 24.2 Å². The fraction of sp³-hybridized carbons (Fsp3) is 0.417. The maximum atomic E-state index is 11.1. The van der Waals surface area contributed by atoms with Crippen molar-refractivity contribution in [1.29, 1.82) is 0 Å². The van der Waals surface area contributed by atoms with E-state index in [0.29, 0.717) is 25.3 Å². The molecule has 1 amide bonds. The molecule has 0 aromatic heterocycles. The highest BCUT2D eigenvalue weighted by atomic mass is 16.5. The van der Waals surface area contributed by atoms with E-state index in [1.165, 1.54) is 0 Å². The van der Waals surface area contributed by atoms with Crippen LogP contribution in [0.25, 0.3) is 0 Å². The third-order valence-corrected chi connectivity index (χ3v) is 2.10. The van der Waals surface area contributed by atoms with Gasteiger partial charge in [-0.05, 0) is 13.0 Å². The zero-order chi connectivity index (χ0) is 11.8. The predicted molar refractivity (Wildman–Crippen MR) is 61.2 cm³/mol. The van der Waals surface area contributed by atoms with Crippen LogP contribution >= 0.6 is 0 Å². The highest BCUT2D eigenvalue weighted by Gasteiger charge is 2.03. The predicted octanol–water partition coefficient (Wildman–Crippen LogP) is 1.08. The third kappa shape index (κ3) is 3.90. The van der Waals surface area contributed by atoms with Gasteiger partial charge in [-0.1, -0.05) is 18.2 Å². The van der Waals surface area contributed by atoms with Crippen molar-refractivity contribution in [1.82, 2.24) is 5.32 Å². The van der Waals surface area contributed by atoms with Gasteiger partial charge in [0.25, 0.3) is 0 Å². The molecule has 0 spiro atoms. The Kier molecular flexibility index (Phi) is 5.36. The molecule has 0 heterocycles. The molecule has 1 rings (SSSR count). The summed E-state index contributed by atoms with van der Waals surface area (Å²) in [5.41, 5.74) is 0.735. The van der Waals surface area contributed by atoms with Crippen LogP contribution in [0, 0.1) is 0 Å². The Morgan fingerprint density at radius 2 is 2.19 bits per heavy atom. The van der Waals surface area contributed by atoms with Crippen molar-refractivity contribution in [3.63, 3.8) is 0 Å². The highest BCUT2D eigenvalue weighted by Crippen LogP contribution is 2.17. The molecule has 0 radical (unpaired) electrons. The van der Waals surface area contributed by atoms with E-state index in [1.807, 2.05) is 19.1 Å². The van der Waals surface area contributed by atoms with Crippen molar-refractivity contribution in [2.45, 2.75) is 20.0 Å². The number of ether oxygens (including phenoxy) is 1. The van der Waals surface area contributed by atoms with Crippen LogP contribution in [0.3, 0.4) is 0 Å². The van der Waals surface area contributed by atoms with Gasteiger partial charge in [-0.25, -0.2) is 0 Å². The van der Waals surface area contributed by atoms with E-state index in [0.717, 1.165) is 5.56 Å². The normalized spacial score (nSPS) is 9.88. The summed E-state index contributed by atoms with van der Waals surface area (Å²) in [6.45, 7) is 2.77. The molecule has 0 bridgehead atoms. The molecule has 16 heavy (non-hydrogen) atoms. The van der Waals surface area contributed by atoms with Crippen LogP contribution < -0.4 is 10.1 Å². The topological polar surface area (TPSA) is 58.6 Å². The molecule has 88 valence electrons. The van der Waals surface area contributed by atoms with Gasteiger partial charge in [-0.3, -0.25) is 4.79 Å². The second-order valence-electron chi connectivity index (χ2n) is 3.32. The van der Waals surface area contributed by atoms with E-state index < -0.39 is 0 Å². The Morgan fingerprint density at radius 3 is 2.88 bits per heavy atom. The summed E-state index contributed by atoms with van der Waals surface area (Å²) in [7, 11) is 0. The number of amides is 1. The average molecular weight is 223 g/mol. The minimum absolute atomic E-state index is 0.0241. The Labute approximate surface area is 95.2 Å².